The van der Waals surface area contributed by atoms with E-state index in [1.165, 1.54) is 11.1 Å². The van der Waals surface area contributed by atoms with Crippen molar-refractivity contribution < 1.29 is 4.79 Å². The van der Waals surface area contributed by atoms with Gasteiger partial charge in [-0.3, -0.25) is 4.79 Å². The maximum Gasteiger partial charge on any atom is 0.251 e. The second-order valence-electron chi connectivity index (χ2n) is 5.31. The predicted molar refractivity (Wildman–Crippen MR) is 88.0 cm³/mol. The number of imidazole rings is 1. The lowest BCUT2D eigenvalue weighted by Gasteiger charge is -2.06. The first-order valence-electron chi connectivity index (χ1n) is 7.55. The average Bonchev–Trinajstić information content (AvgIpc) is 3.03. The van der Waals surface area contributed by atoms with Crippen LogP contribution in [0.3, 0.4) is 0 Å². The Balaban J connectivity index is 1.57. The fourth-order valence-electron chi connectivity index (χ4n) is 2.44. The first-order valence-corrected chi connectivity index (χ1v) is 7.55. The van der Waals surface area contributed by atoms with Crippen LogP contribution in [0.4, 0.5) is 0 Å². The van der Waals surface area contributed by atoms with E-state index in [1.807, 2.05) is 12.1 Å². The highest BCUT2D eigenvalue weighted by atomic mass is 16.1. The van der Waals surface area contributed by atoms with Gasteiger partial charge in [0.15, 0.2) is 0 Å². The molecule has 0 atom stereocenters. The summed E-state index contributed by atoms with van der Waals surface area (Å²) in [5.74, 6) is -0.0540. The van der Waals surface area contributed by atoms with Crippen LogP contribution in [0, 0.1) is 0 Å². The van der Waals surface area contributed by atoms with Crippen LogP contribution in [-0.2, 0) is 12.8 Å². The number of hydrogen-bond acceptors (Lipinski definition) is 2. The maximum absolute atomic E-state index is 12.2. The van der Waals surface area contributed by atoms with Crippen molar-refractivity contribution in [3.05, 3.63) is 65.5 Å². The Morgan fingerprint density at radius 2 is 1.91 bits per heavy atom. The summed E-state index contributed by atoms with van der Waals surface area (Å²) in [5.41, 5.74) is 4.97. The third-order valence-electron chi connectivity index (χ3n) is 3.81. The number of fused-ring (bicyclic) bond motifs is 1. The molecule has 3 rings (SSSR count). The van der Waals surface area contributed by atoms with Crippen LogP contribution >= 0.6 is 0 Å². The molecule has 3 aromatic rings. The molecular formula is C18H19N3O. The van der Waals surface area contributed by atoms with Crippen molar-refractivity contribution in [2.75, 3.05) is 6.54 Å². The van der Waals surface area contributed by atoms with E-state index in [-0.39, 0.29) is 5.91 Å². The van der Waals surface area contributed by atoms with Crippen LogP contribution in [0.15, 0.2) is 48.8 Å². The van der Waals surface area contributed by atoms with E-state index in [9.17, 15) is 4.79 Å². The third-order valence-corrected chi connectivity index (χ3v) is 3.81. The van der Waals surface area contributed by atoms with Crippen molar-refractivity contribution >= 4 is 16.9 Å². The lowest BCUT2D eigenvalue weighted by atomic mass is 10.1. The second-order valence-corrected chi connectivity index (χ2v) is 5.31. The molecule has 1 aromatic heterocycles. The van der Waals surface area contributed by atoms with Gasteiger partial charge in [0.1, 0.15) is 0 Å². The van der Waals surface area contributed by atoms with Crippen LogP contribution in [0.2, 0.25) is 0 Å². The molecular weight excluding hydrogens is 274 g/mol. The predicted octanol–water partition coefficient (Wildman–Crippen LogP) is 3.10. The molecule has 0 saturated heterocycles. The number of carbonyl (C=O) groups excluding carboxylic acids is 1. The first-order chi connectivity index (χ1) is 10.8. The van der Waals surface area contributed by atoms with Crippen molar-refractivity contribution in [1.82, 2.24) is 15.3 Å². The summed E-state index contributed by atoms with van der Waals surface area (Å²) >= 11 is 0. The lowest BCUT2D eigenvalue weighted by Crippen LogP contribution is -2.25. The molecule has 1 heterocycles. The monoisotopic (exact) mass is 293 g/mol. The number of benzene rings is 2. The zero-order valence-corrected chi connectivity index (χ0v) is 12.6. The van der Waals surface area contributed by atoms with E-state index in [4.69, 9.17) is 0 Å². The fraction of sp³-hybridized carbons (Fsp3) is 0.222. The van der Waals surface area contributed by atoms with Crippen LogP contribution < -0.4 is 5.32 Å². The maximum atomic E-state index is 12.2. The van der Waals surface area contributed by atoms with Gasteiger partial charge in [0, 0.05) is 12.1 Å². The number of amides is 1. The molecule has 0 aliphatic carbocycles. The van der Waals surface area contributed by atoms with Crippen LogP contribution in [0.1, 0.15) is 28.4 Å². The summed E-state index contributed by atoms with van der Waals surface area (Å²) in [6.07, 6.45) is 3.52. The number of aromatic nitrogens is 2. The summed E-state index contributed by atoms with van der Waals surface area (Å²) in [5, 5.41) is 2.96. The number of aryl methyl sites for hydroxylation is 1. The molecule has 0 aliphatic heterocycles. The number of hydrogen-bond donors (Lipinski definition) is 2. The van der Waals surface area contributed by atoms with E-state index >= 15 is 0 Å². The minimum Gasteiger partial charge on any atom is -0.352 e. The Hall–Kier alpha value is -2.62. The normalized spacial score (nSPS) is 10.8. The fourth-order valence-corrected chi connectivity index (χ4v) is 2.44. The summed E-state index contributed by atoms with van der Waals surface area (Å²) in [7, 11) is 0. The molecule has 0 spiro atoms. The molecule has 2 aromatic carbocycles. The van der Waals surface area contributed by atoms with E-state index < -0.39 is 0 Å². The molecule has 0 fully saturated rings. The number of nitrogens with one attached hydrogen (secondary N) is 2. The number of carbonyl (C=O) groups is 1. The number of rotatable bonds is 5. The first kappa shape index (κ1) is 14.3. The average molecular weight is 293 g/mol. The van der Waals surface area contributed by atoms with Gasteiger partial charge in [0.2, 0.25) is 0 Å². The van der Waals surface area contributed by atoms with Crippen molar-refractivity contribution in [2.45, 2.75) is 19.8 Å². The highest BCUT2D eigenvalue weighted by molar-refractivity contribution is 5.97. The smallest absolute Gasteiger partial charge is 0.251 e. The van der Waals surface area contributed by atoms with Crippen molar-refractivity contribution in [1.29, 1.82) is 0 Å². The molecule has 1 amide bonds. The second kappa shape index (κ2) is 6.43. The van der Waals surface area contributed by atoms with Crippen LogP contribution in [-0.4, -0.2) is 22.4 Å². The molecule has 4 heteroatoms. The standard InChI is InChI=1S/C18H19N3O/c1-2-13-3-5-14(6-4-13)9-10-19-18(22)15-7-8-16-17(11-15)21-12-20-16/h3-8,11-12H,2,9-10H2,1H3,(H,19,22)(H,20,21). The van der Waals surface area contributed by atoms with Crippen molar-refractivity contribution in [3.8, 4) is 0 Å². The molecule has 0 unspecified atom stereocenters. The Labute approximate surface area is 129 Å². The lowest BCUT2D eigenvalue weighted by molar-refractivity contribution is 0.0954. The van der Waals surface area contributed by atoms with Gasteiger partial charge in [0.25, 0.3) is 5.91 Å². The van der Waals surface area contributed by atoms with E-state index in [0.717, 1.165) is 23.9 Å². The quantitative estimate of drug-likeness (QED) is 0.759. The van der Waals surface area contributed by atoms with E-state index in [1.54, 1.807) is 12.4 Å². The van der Waals surface area contributed by atoms with Gasteiger partial charge in [-0.15, -0.1) is 0 Å². The molecule has 0 aliphatic rings. The van der Waals surface area contributed by atoms with Crippen LogP contribution in [0.25, 0.3) is 11.0 Å². The molecule has 22 heavy (non-hydrogen) atoms. The van der Waals surface area contributed by atoms with Gasteiger partial charge < -0.3 is 10.3 Å². The zero-order chi connectivity index (χ0) is 15.4. The summed E-state index contributed by atoms with van der Waals surface area (Å²) in [6.45, 7) is 2.77. The largest absolute Gasteiger partial charge is 0.352 e. The topological polar surface area (TPSA) is 57.8 Å². The Bertz CT molecular complexity index is 774. The summed E-state index contributed by atoms with van der Waals surface area (Å²) in [6, 6.07) is 14.0. The minimum atomic E-state index is -0.0540. The van der Waals surface area contributed by atoms with Crippen LogP contribution in [0.5, 0.6) is 0 Å². The summed E-state index contributed by atoms with van der Waals surface area (Å²) < 4.78 is 0. The Morgan fingerprint density at radius 3 is 2.68 bits per heavy atom. The Morgan fingerprint density at radius 1 is 1.14 bits per heavy atom. The number of aromatic amines is 1. The number of H-pyrrole nitrogens is 1. The summed E-state index contributed by atoms with van der Waals surface area (Å²) in [4.78, 5) is 19.3. The third kappa shape index (κ3) is 3.17. The van der Waals surface area contributed by atoms with E-state index in [0.29, 0.717) is 12.1 Å². The van der Waals surface area contributed by atoms with Crippen molar-refractivity contribution in [2.24, 2.45) is 0 Å². The minimum absolute atomic E-state index is 0.0540. The molecule has 4 nitrogen and oxygen atoms in total. The van der Waals surface area contributed by atoms with Gasteiger partial charge in [-0.1, -0.05) is 31.2 Å². The van der Waals surface area contributed by atoms with Gasteiger partial charge in [0.05, 0.1) is 17.4 Å². The molecule has 112 valence electrons. The molecule has 0 saturated carbocycles. The molecule has 0 bridgehead atoms. The van der Waals surface area contributed by atoms with E-state index in [2.05, 4.69) is 46.5 Å². The molecule has 2 N–H and O–H groups in total. The van der Waals surface area contributed by atoms with Gasteiger partial charge in [-0.25, -0.2) is 4.98 Å². The number of nitrogens with zero attached hydrogens (tertiary/aromatic N) is 1. The Kier molecular flexibility index (Phi) is 4.19. The van der Waals surface area contributed by atoms with Crippen molar-refractivity contribution in [3.63, 3.8) is 0 Å². The van der Waals surface area contributed by atoms with Gasteiger partial charge in [-0.2, -0.15) is 0 Å². The molecule has 0 radical (unpaired) electrons. The van der Waals surface area contributed by atoms with Gasteiger partial charge >= 0.3 is 0 Å². The highest BCUT2D eigenvalue weighted by Crippen LogP contribution is 2.11. The van der Waals surface area contributed by atoms with Gasteiger partial charge in [-0.05, 0) is 42.2 Å². The highest BCUT2D eigenvalue weighted by Gasteiger charge is 2.06. The zero-order valence-electron chi connectivity index (χ0n) is 12.6. The SMILES string of the molecule is CCc1ccc(CCNC(=O)c2ccc3nc[nH]c3c2)cc1.